The number of ether oxygens (including phenoxy) is 1. The van der Waals surface area contributed by atoms with Crippen molar-refractivity contribution >= 4 is 5.97 Å². The zero-order valence-electron chi connectivity index (χ0n) is 9.36. The standard InChI is InChI=1S/C13H7F3O3/c14-8-2-4-12(10(16)6-8)19-11-3-1-7(13(17)18)5-9(11)15/h1-6H,(H,17,18). The third-order valence-corrected chi connectivity index (χ3v) is 2.29. The molecule has 0 radical (unpaired) electrons. The third-order valence-electron chi connectivity index (χ3n) is 2.29. The Kier molecular flexibility index (Phi) is 3.41. The molecular formula is C13H7F3O3. The predicted octanol–water partition coefficient (Wildman–Crippen LogP) is 3.59. The molecule has 0 unspecified atom stereocenters. The second kappa shape index (κ2) is 5.01. The molecule has 0 aliphatic rings. The van der Waals surface area contributed by atoms with Gasteiger partial charge in [-0.25, -0.2) is 18.0 Å². The van der Waals surface area contributed by atoms with Crippen molar-refractivity contribution in [3.8, 4) is 11.5 Å². The van der Waals surface area contributed by atoms with Crippen LogP contribution >= 0.6 is 0 Å². The highest BCUT2D eigenvalue weighted by Gasteiger charge is 2.12. The molecule has 0 bridgehead atoms. The van der Waals surface area contributed by atoms with Gasteiger partial charge >= 0.3 is 5.97 Å². The van der Waals surface area contributed by atoms with Crippen LogP contribution < -0.4 is 4.74 Å². The summed E-state index contributed by atoms with van der Waals surface area (Å²) in [7, 11) is 0. The van der Waals surface area contributed by atoms with Crippen molar-refractivity contribution in [2.24, 2.45) is 0 Å². The Morgan fingerprint density at radius 3 is 2.05 bits per heavy atom. The molecule has 0 aliphatic heterocycles. The van der Waals surface area contributed by atoms with E-state index in [4.69, 9.17) is 9.84 Å². The second-order valence-corrected chi connectivity index (χ2v) is 3.63. The molecule has 0 aromatic heterocycles. The molecular weight excluding hydrogens is 261 g/mol. The molecule has 3 nitrogen and oxygen atoms in total. The zero-order valence-corrected chi connectivity index (χ0v) is 9.36. The summed E-state index contributed by atoms with van der Waals surface area (Å²) in [5, 5.41) is 8.66. The summed E-state index contributed by atoms with van der Waals surface area (Å²) in [6.45, 7) is 0. The third kappa shape index (κ3) is 2.85. The van der Waals surface area contributed by atoms with Crippen LogP contribution in [0.5, 0.6) is 11.5 Å². The minimum absolute atomic E-state index is 0.260. The van der Waals surface area contributed by atoms with Crippen LogP contribution in [0.2, 0.25) is 0 Å². The Hall–Kier alpha value is -2.50. The first kappa shape index (κ1) is 12.9. The van der Waals surface area contributed by atoms with Crippen molar-refractivity contribution in [1.29, 1.82) is 0 Å². The molecule has 0 aliphatic carbocycles. The number of hydrogen-bond donors (Lipinski definition) is 1. The highest BCUT2D eigenvalue weighted by atomic mass is 19.1. The van der Waals surface area contributed by atoms with Crippen molar-refractivity contribution in [2.45, 2.75) is 0 Å². The molecule has 1 N–H and O–H groups in total. The zero-order chi connectivity index (χ0) is 14.0. The summed E-state index contributed by atoms with van der Waals surface area (Å²) in [5.41, 5.74) is -0.260. The van der Waals surface area contributed by atoms with Crippen LogP contribution in [-0.4, -0.2) is 11.1 Å². The van der Waals surface area contributed by atoms with Crippen molar-refractivity contribution in [1.82, 2.24) is 0 Å². The molecule has 6 heteroatoms. The monoisotopic (exact) mass is 268 g/mol. The normalized spacial score (nSPS) is 10.3. The molecule has 0 saturated heterocycles. The summed E-state index contributed by atoms with van der Waals surface area (Å²) in [6.07, 6.45) is 0. The Bertz CT molecular complexity index is 641. The van der Waals surface area contributed by atoms with Gasteiger partial charge < -0.3 is 9.84 Å². The van der Waals surface area contributed by atoms with Gasteiger partial charge in [-0.15, -0.1) is 0 Å². The summed E-state index contributed by atoms with van der Waals surface area (Å²) in [6, 6.07) is 5.48. The van der Waals surface area contributed by atoms with Gasteiger partial charge in [-0.3, -0.25) is 0 Å². The first-order chi connectivity index (χ1) is 8.97. The average molecular weight is 268 g/mol. The minimum Gasteiger partial charge on any atom is -0.478 e. The van der Waals surface area contributed by atoms with Gasteiger partial charge in [-0.1, -0.05) is 0 Å². The first-order valence-electron chi connectivity index (χ1n) is 5.13. The number of benzene rings is 2. The molecule has 0 fully saturated rings. The largest absolute Gasteiger partial charge is 0.478 e. The van der Waals surface area contributed by atoms with Crippen LogP contribution in [0.25, 0.3) is 0 Å². The van der Waals surface area contributed by atoms with E-state index in [2.05, 4.69) is 0 Å². The Balaban J connectivity index is 2.31. The molecule has 98 valence electrons. The molecule has 0 amide bonds. The van der Waals surface area contributed by atoms with Gasteiger partial charge in [0.25, 0.3) is 0 Å². The van der Waals surface area contributed by atoms with E-state index in [0.717, 1.165) is 30.3 Å². The number of carboxylic acid groups (broad SMARTS) is 1. The first-order valence-corrected chi connectivity index (χ1v) is 5.13. The second-order valence-electron chi connectivity index (χ2n) is 3.63. The van der Waals surface area contributed by atoms with Gasteiger partial charge in [-0.05, 0) is 30.3 Å². The fraction of sp³-hybridized carbons (Fsp3) is 0. The fourth-order valence-corrected chi connectivity index (χ4v) is 1.39. The molecule has 2 aromatic carbocycles. The van der Waals surface area contributed by atoms with Gasteiger partial charge in [0.05, 0.1) is 5.56 Å². The lowest BCUT2D eigenvalue weighted by Crippen LogP contribution is -1.98. The lowest BCUT2D eigenvalue weighted by molar-refractivity contribution is 0.0696. The van der Waals surface area contributed by atoms with E-state index in [9.17, 15) is 18.0 Å². The van der Waals surface area contributed by atoms with Crippen molar-refractivity contribution < 1.29 is 27.8 Å². The van der Waals surface area contributed by atoms with Gasteiger partial charge in [0.1, 0.15) is 5.82 Å². The summed E-state index contributed by atoms with van der Waals surface area (Å²) in [5.74, 6) is -4.73. The topological polar surface area (TPSA) is 46.5 Å². The maximum atomic E-state index is 13.5. The van der Waals surface area contributed by atoms with Crippen molar-refractivity contribution in [3.63, 3.8) is 0 Å². The maximum Gasteiger partial charge on any atom is 0.335 e. The summed E-state index contributed by atoms with van der Waals surface area (Å²) >= 11 is 0. The highest BCUT2D eigenvalue weighted by Crippen LogP contribution is 2.27. The number of hydrogen-bond acceptors (Lipinski definition) is 2. The Morgan fingerprint density at radius 2 is 1.53 bits per heavy atom. The van der Waals surface area contributed by atoms with Gasteiger partial charge in [0.2, 0.25) is 0 Å². The number of carboxylic acids is 1. The molecule has 0 saturated carbocycles. The van der Waals surface area contributed by atoms with Gasteiger partial charge in [-0.2, -0.15) is 0 Å². The van der Waals surface area contributed by atoms with E-state index in [1.165, 1.54) is 0 Å². The fourth-order valence-electron chi connectivity index (χ4n) is 1.39. The van der Waals surface area contributed by atoms with E-state index in [-0.39, 0.29) is 17.1 Å². The molecule has 0 atom stereocenters. The lowest BCUT2D eigenvalue weighted by atomic mass is 10.2. The van der Waals surface area contributed by atoms with E-state index in [1.54, 1.807) is 0 Å². The molecule has 19 heavy (non-hydrogen) atoms. The number of rotatable bonds is 3. The van der Waals surface area contributed by atoms with Crippen molar-refractivity contribution in [3.05, 3.63) is 59.4 Å². The number of carbonyl (C=O) groups is 1. The molecule has 2 rings (SSSR count). The summed E-state index contributed by atoms with van der Waals surface area (Å²) < 4.78 is 44.4. The number of aromatic carboxylic acids is 1. The van der Waals surface area contributed by atoms with Crippen LogP contribution in [-0.2, 0) is 0 Å². The van der Waals surface area contributed by atoms with Gasteiger partial charge in [0, 0.05) is 6.07 Å². The Labute approximate surface area is 105 Å². The summed E-state index contributed by atoms with van der Waals surface area (Å²) in [4.78, 5) is 10.6. The lowest BCUT2D eigenvalue weighted by Gasteiger charge is -2.08. The maximum absolute atomic E-state index is 13.5. The van der Waals surface area contributed by atoms with Crippen LogP contribution in [0.1, 0.15) is 10.4 Å². The van der Waals surface area contributed by atoms with E-state index in [1.807, 2.05) is 0 Å². The van der Waals surface area contributed by atoms with Crippen molar-refractivity contribution in [2.75, 3.05) is 0 Å². The Morgan fingerprint density at radius 1 is 0.947 bits per heavy atom. The van der Waals surface area contributed by atoms with Crippen LogP contribution in [0.3, 0.4) is 0 Å². The molecule has 2 aromatic rings. The number of halogens is 3. The van der Waals surface area contributed by atoms with E-state index < -0.39 is 23.4 Å². The average Bonchev–Trinajstić information content (AvgIpc) is 2.34. The minimum atomic E-state index is -1.29. The van der Waals surface area contributed by atoms with E-state index in [0.29, 0.717) is 6.07 Å². The SMILES string of the molecule is O=C(O)c1ccc(Oc2ccc(F)cc2F)c(F)c1. The highest BCUT2D eigenvalue weighted by molar-refractivity contribution is 5.87. The predicted molar refractivity (Wildman–Crippen MR) is 59.8 cm³/mol. The molecule has 0 heterocycles. The van der Waals surface area contributed by atoms with E-state index >= 15 is 0 Å². The molecule has 0 spiro atoms. The van der Waals surface area contributed by atoms with Crippen LogP contribution in [0, 0.1) is 17.5 Å². The smallest absolute Gasteiger partial charge is 0.335 e. The van der Waals surface area contributed by atoms with Gasteiger partial charge in [0.15, 0.2) is 23.1 Å². The quantitative estimate of drug-likeness (QED) is 0.925. The van der Waals surface area contributed by atoms with Crippen LogP contribution in [0.4, 0.5) is 13.2 Å². The van der Waals surface area contributed by atoms with Crippen LogP contribution in [0.15, 0.2) is 36.4 Å².